The first-order valence-electron chi connectivity index (χ1n) is 10.0. The third kappa shape index (κ3) is 3.83. The lowest BCUT2D eigenvalue weighted by Crippen LogP contribution is -2.50. The maximum atomic E-state index is 12.9. The van der Waals surface area contributed by atoms with Gasteiger partial charge in [0.05, 0.1) is 29.9 Å². The van der Waals surface area contributed by atoms with Crippen LogP contribution < -0.4 is 0 Å². The second-order valence-corrected chi connectivity index (χ2v) is 12.1. The van der Waals surface area contributed by atoms with E-state index in [1.165, 1.54) is 6.42 Å². The van der Waals surface area contributed by atoms with Gasteiger partial charge in [-0.2, -0.15) is 0 Å². The molecule has 1 heterocycles. The van der Waals surface area contributed by atoms with Crippen molar-refractivity contribution in [3.8, 4) is 0 Å². The molecule has 1 saturated carbocycles. The molecule has 5 nitrogen and oxygen atoms in total. The molecule has 1 aromatic carbocycles. The Labute approximate surface area is 162 Å². The highest BCUT2D eigenvalue weighted by Crippen LogP contribution is 2.48. The molecule has 0 saturated heterocycles. The van der Waals surface area contributed by atoms with Gasteiger partial charge in [-0.1, -0.05) is 25.3 Å². The van der Waals surface area contributed by atoms with Crippen molar-refractivity contribution in [2.24, 2.45) is 0 Å². The fourth-order valence-corrected chi connectivity index (χ4v) is 7.28. The lowest BCUT2D eigenvalue weighted by molar-refractivity contribution is 0.00995. The van der Waals surface area contributed by atoms with Crippen molar-refractivity contribution in [3.63, 3.8) is 0 Å². The average Bonchev–Trinajstić information content (AvgIpc) is 2.61. The molecule has 0 N–H and O–H groups in total. The Morgan fingerprint density at radius 1 is 1.04 bits per heavy atom. The van der Waals surface area contributed by atoms with E-state index in [-0.39, 0.29) is 18.8 Å². The van der Waals surface area contributed by atoms with Gasteiger partial charge in [0, 0.05) is 0 Å². The number of rotatable bonds is 4. The summed E-state index contributed by atoms with van der Waals surface area (Å²) < 4.78 is 17.3. The molecule has 0 bridgehead atoms. The molecule has 0 aromatic heterocycles. The second kappa shape index (κ2) is 7.76. The normalized spacial score (nSPS) is 20.0. The van der Waals surface area contributed by atoms with E-state index >= 15 is 0 Å². The van der Waals surface area contributed by atoms with Crippen molar-refractivity contribution >= 4 is 20.3 Å². The Bertz CT molecular complexity index is 734. The number of benzene rings is 1. The first-order valence-corrected chi connectivity index (χ1v) is 13.2. The maximum Gasteiger partial charge on any atom is 0.339 e. The number of hydrogen-bond donors (Lipinski definition) is 0. The Balaban J connectivity index is 2.21. The zero-order valence-corrected chi connectivity index (χ0v) is 17.9. The number of carbonyl (C=O) groups is 2. The minimum atomic E-state index is -2.04. The minimum Gasteiger partial charge on any atom is -0.462 e. The van der Waals surface area contributed by atoms with Crippen LogP contribution in [0.15, 0.2) is 12.1 Å². The van der Waals surface area contributed by atoms with Gasteiger partial charge in [-0.3, -0.25) is 0 Å². The fourth-order valence-electron chi connectivity index (χ4n) is 4.61. The Hall–Kier alpha value is -1.66. The van der Waals surface area contributed by atoms with Crippen molar-refractivity contribution in [2.75, 3.05) is 13.2 Å². The summed E-state index contributed by atoms with van der Waals surface area (Å²) in [6.45, 7) is 8.47. The van der Waals surface area contributed by atoms with E-state index in [2.05, 4.69) is 13.1 Å². The molecule has 3 rings (SSSR count). The lowest BCUT2D eigenvalue weighted by atomic mass is 9.76. The van der Waals surface area contributed by atoms with Crippen LogP contribution in [0.5, 0.6) is 0 Å². The molecule has 0 amide bonds. The summed E-state index contributed by atoms with van der Waals surface area (Å²) in [6.07, 6.45) is 5.40. The van der Waals surface area contributed by atoms with E-state index in [9.17, 15) is 9.59 Å². The predicted molar refractivity (Wildman–Crippen MR) is 105 cm³/mol. The molecule has 0 unspecified atom stereocenters. The summed E-state index contributed by atoms with van der Waals surface area (Å²) in [5.41, 5.74) is 2.40. The van der Waals surface area contributed by atoms with Gasteiger partial charge in [-0.15, -0.1) is 0 Å². The standard InChI is InChI=1S/C21H30O5Si/c1-5-24-19(22)15-10-11-17-16(18(15)20(23)25-6-2)14-27(3,4)26-21(17)12-8-7-9-13-21/h10-11H,5-9,12-14H2,1-4H3. The summed E-state index contributed by atoms with van der Waals surface area (Å²) in [5, 5.41) is 0. The van der Waals surface area contributed by atoms with Crippen molar-refractivity contribution in [1.82, 2.24) is 0 Å². The van der Waals surface area contributed by atoms with Crippen LogP contribution in [0.1, 0.15) is 77.8 Å². The molecule has 27 heavy (non-hydrogen) atoms. The fraction of sp³-hybridized carbons (Fsp3) is 0.619. The molecule has 1 aliphatic heterocycles. The van der Waals surface area contributed by atoms with Crippen LogP contribution in [-0.2, 0) is 25.5 Å². The second-order valence-electron chi connectivity index (χ2n) is 8.05. The third-order valence-electron chi connectivity index (χ3n) is 5.51. The lowest BCUT2D eigenvalue weighted by Gasteiger charge is -2.48. The number of carbonyl (C=O) groups excluding carboxylic acids is 2. The number of esters is 2. The van der Waals surface area contributed by atoms with E-state index in [1.807, 2.05) is 6.07 Å². The molecule has 2 aliphatic rings. The van der Waals surface area contributed by atoms with Crippen LogP contribution in [0.3, 0.4) is 0 Å². The smallest absolute Gasteiger partial charge is 0.339 e. The molecule has 148 valence electrons. The Kier molecular flexibility index (Phi) is 5.77. The Morgan fingerprint density at radius 2 is 1.67 bits per heavy atom. The molecule has 0 atom stereocenters. The van der Waals surface area contributed by atoms with Crippen LogP contribution in [-0.4, -0.2) is 33.5 Å². The summed E-state index contributed by atoms with van der Waals surface area (Å²) in [5.74, 6) is -0.901. The van der Waals surface area contributed by atoms with E-state index in [1.54, 1.807) is 19.9 Å². The quantitative estimate of drug-likeness (QED) is 0.559. The highest BCUT2D eigenvalue weighted by Gasteiger charge is 2.48. The minimum absolute atomic E-state index is 0.269. The van der Waals surface area contributed by atoms with Crippen molar-refractivity contribution in [1.29, 1.82) is 0 Å². The van der Waals surface area contributed by atoms with Crippen LogP contribution in [0.2, 0.25) is 13.1 Å². The topological polar surface area (TPSA) is 61.8 Å². The molecule has 1 spiro atoms. The Morgan fingerprint density at radius 3 is 2.30 bits per heavy atom. The first-order chi connectivity index (χ1) is 12.8. The summed E-state index contributed by atoms with van der Waals surface area (Å²) in [7, 11) is -2.04. The SMILES string of the molecule is CCOC(=O)c1ccc2c(c1C(=O)OCC)C[Si](C)(C)OC21CCCCC1. The van der Waals surface area contributed by atoms with E-state index < -0.39 is 20.3 Å². The summed E-state index contributed by atoms with van der Waals surface area (Å²) >= 11 is 0. The highest BCUT2D eigenvalue weighted by atomic mass is 28.4. The van der Waals surface area contributed by atoms with Crippen molar-refractivity contribution in [2.45, 2.75) is 70.7 Å². The molecule has 1 aliphatic carbocycles. The van der Waals surface area contributed by atoms with Gasteiger partial charge >= 0.3 is 11.9 Å². The van der Waals surface area contributed by atoms with Gasteiger partial charge < -0.3 is 13.9 Å². The monoisotopic (exact) mass is 390 g/mol. The largest absolute Gasteiger partial charge is 0.462 e. The molecule has 0 radical (unpaired) electrons. The van der Waals surface area contributed by atoms with E-state index in [0.717, 1.165) is 36.8 Å². The molecular weight excluding hydrogens is 360 g/mol. The summed E-state index contributed by atoms with van der Waals surface area (Å²) in [4.78, 5) is 25.4. The van der Waals surface area contributed by atoms with Gasteiger partial charge in [0.2, 0.25) is 0 Å². The average molecular weight is 391 g/mol. The van der Waals surface area contributed by atoms with E-state index in [0.29, 0.717) is 17.2 Å². The maximum absolute atomic E-state index is 12.9. The molecule has 6 heteroatoms. The van der Waals surface area contributed by atoms with Crippen LogP contribution >= 0.6 is 0 Å². The zero-order valence-electron chi connectivity index (χ0n) is 16.9. The predicted octanol–water partition coefficient (Wildman–Crippen LogP) is 4.52. The van der Waals surface area contributed by atoms with Gasteiger partial charge in [0.25, 0.3) is 0 Å². The first kappa shape index (κ1) is 20.1. The number of hydrogen-bond acceptors (Lipinski definition) is 5. The van der Waals surface area contributed by atoms with Gasteiger partial charge in [0.15, 0.2) is 8.32 Å². The van der Waals surface area contributed by atoms with E-state index in [4.69, 9.17) is 13.9 Å². The van der Waals surface area contributed by atoms with Gasteiger partial charge in [-0.25, -0.2) is 9.59 Å². The van der Waals surface area contributed by atoms with Crippen LogP contribution in [0.4, 0.5) is 0 Å². The highest BCUT2D eigenvalue weighted by molar-refractivity contribution is 6.71. The molecule has 1 aromatic rings. The number of fused-ring (bicyclic) bond motifs is 2. The third-order valence-corrected chi connectivity index (χ3v) is 7.66. The van der Waals surface area contributed by atoms with Crippen molar-refractivity contribution in [3.05, 3.63) is 34.4 Å². The van der Waals surface area contributed by atoms with Crippen LogP contribution in [0, 0.1) is 0 Å². The number of ether oxygens (including phenoxy) is 2. The van der Waals surface area contributed by atoms with Crippen molar-refractivity contribution < 1.29 is 23.5 Å². The van der Waals surface area contributed by atoms with Crippen LogP contribution in [0.25, 0.3) is 0 Å². The molecular formula is C21H30O5Si. The van der Waals surface area contributed by atoms with Gasteiger partial charge in [0.1, 0.15) is 0 Å². The zero-order chi connectivity index (χ0) is 19.7. The summed E-state index contributed by atoms with van der Waals surface area (Å²) in [6, 6.07) is 4.41. The van der Waals surface area contributed by atoms with Gasteiger partial charge in [-0.05, 0) is 63.0 Å². The molecule has 1 fully saturated rings.